The molecule has 1 unspecified atom stereocenters. The van der Waals surface area contributed by atoms with Crippen LogP contribution < -0.4 is 5.32 Å². The maximum absolute atomic E-state index is 12.0. The van der Waals surface area contributed by atoms with Gasteiger partial charge in [0, 0.05) is 10.9 Å². The normalized spacial score (nSPS) is 11.9. The molecule has 0 heterocycles. The van der Waals surface area contributed by atoms with Crippen LogP contribution in [-0.4, -0.2) is 17.6 Å². The molecule has 0 saturated heterocycles. The lowest BCUT2D eigenvalue weighted by molar-refractivity contribution is -0.122. The minimum Gasteiger partial charge on any atom is -0.394 e. The maximum atomic E-state index is 12.0. The van der Waals surface area contributed by atoms with Gasteiger partial charge in [-0.25, -0.2) is 0 Å². The molecular weight excluding hydrogens is 330 g/mol. The van der Waals surface area contributed by atoms with Crippen LogP contribution in [-0.2, 0) is 11.2 Å². The van der Waals surface area contributed by atoms with E-state index in [9.17, 15) is 9.90 Å². The zero-order chi connectivity index (χ0) is 15.1. The van der Waals surface area contributed by atoms with Gasteiger partial charge < -0.3 is 10.4 Å². The zero-order valence-electron chi connectivity index (χ0n) is 11.6. The molecule has 1 atom stereocenters. The number of benzene rings is 2. The van der Waals surface area contributed by atoms with Crippen LogP contribution in [0.5, 0.6) is 0 Å². The predicted molar refractivity (Wildman–Crippen MR) is 86.9 cm³/mol. The molecule has 0 radical (unpaired) electrons. The molecule has 0 fully saturated rings. The third-order valence-electron chi connectivity index (χ3n) is 3.30. The highest BCUT2D eigenvalue weighted by molar-refractivity contribution is 9.10. The summed E-state index contributed by atoms with van der Waals surface area (Å²) in [6.45, 7) is -0.106. The number of hydrogen-bond donors (Lipinski definition) is 2. The van der Waals surface area contributed by atoms with Gasteiger partial charge in [-0.1, -0.05) is 64.5 Å². The van der Waals surface area contributed by atoms with E-state index in [1.54, 1.807) is 0 Å². The number of rotatable bonds is 6. The van der Waals surface area contributed by atoms with Crippen LogP contribution in [0.2, 0.25) is 0 Å². The smallest absolute Gasteiger partial charge is 0.220 e. The van der Waals surface area contributed by atoms with Crippen LogP contribution in [0, 0.1) is 0 Å². The minimum atomic E-state index is -0.349. The molecule has 0 saturated carbocycles. The van der Waals surface area contributed by atoms with Crippen LogP contribution in [0.1, 0.15) is 23.6 Å². The fourth-order valence-corrected chi connectivity index (χ4v) is 2.62. The Hall–Kier alpha value is -1.65. The van der Waals surface area contributed by atoms with E-state index < -0.39 is 0 Å². The number of amides is 1. The number of carbonyl (C=O) groups is 1. The van der Waals surface area contributed by atoms with Crippen molar-refractivity contribution in [3.8, 4) is 0 Å². The number of nitrogens with one attached hydrogen (secondary N) is 1. The molecule has 0 bridgehead atoms. The Balaban J connectivity index is 1.90. The third kappa shape index (κ3) is 4.69. The molecule has 3 nitrogen and oxygen atoms in total. The molecule has 0 spiro atoms. The standard InChI is InChI=1S/C17H18BrNO2/c18-15-9-5-4-6-13(15)10-11-17(21)19-16(12-20)14-7-2-1-3-8-14/h1-9,16,20H,10-12H2,(H,19,21). The Labute approximate surface area is 133 Å². The van der Waals surface area contributed by atoms with E-state index in [0.717, 1.165) is 15.6 Å². The van der Waals surface area contributed by atoms with E-state index >= 15 is 0 Å². The molecule has 2 rings (SSSR count). The van der Waals surface area contributed by atoms with Crippen molar-refractivity contribution in [3.63, 3.8) is 0 Å². The van der Waals surface area contributed by atoms with E-state index in [4.69, 9.17) is 0 Å². The van der Waals surface area contributed by atoms with Crippen molar-refractivity contribution in [2.45, 2.75) is 18.9 Å². The fourth-order valence-electron chi connectivity index (χ4n) is 2.14. The van der Waals surface area contributed by atoms with Crippen LogP contribution in [0.4, 0.5) is 0 Å². The summed E-state index contributed by atoms with van der Waals surface area (Å²) in [5, 5.41) is 12.3. The summed E-state index contributed by atoms with van der Waals surface area (Å²) in [4.78, 5) is 12.0. The van der Waals surface area contributed by atoms with Crippen molar-refractivity contribution < 1.29 is 9.90 Å². The minimum absolute atomic E-state index is 0.0614. The van der Waals surface area contributed by atoms with Crippen LogP contribution in [0.25, 0.3) is 0 Å². The fraction of sp³-hybridized carbons (Fsp3) is 0.235. The monoisotopic (exact) mass is 347 g/mol. The average molecular weight is 348 g/mol. The van der Waals surface area contributed by atoms with E-state index in [1.165, 1.54) is 0 Å². The number of aliphatic hydroxyl groups is 1. The summed E-state index contributed by atoms with van der Waals surface area (Å²) < 4.78 is 1.01. The Morgan fingerprint density at radius 1 is 1.10 bits per heavy atom. The quantitative estimate of drug-likeness (QED) is 0.842. The zero-order valence-corrected chi connectivity index (χ0v) is 13.2. The van der Waals surface area contributed by atoms with Gasteiger partial charge in [0.25, 0.3) is 0 Å². The molecule has 21 heavy (non-hydrogen) atoms. The van der Waals surface area contributed by atoms with E-state index in [1.807, 2.05) is 54.6 Å². The van der Waals surface area contributed by atoms with Crippen molar-refractivity contribution in [2.75, 3.05) is 6.61 Å². The molecule has 4 heteroatoms. The molecule has 0 aromatic heterocycles. The number of carbonyl (C=O) groups excluding carboxylic acids is 1. The van der Waals surface area contributed by atoms with E-state index in [2.05, 4.69) is 21.2 Å². The summed E-state index contributed by atoms with van der Waals surface area (Å²) in [7, 11) is 0. The lowest BCUT2D eigenvalue weighted by atomic mass is 10.1. The van der Waals surface area contributed by atoms with Gasteiger partial charge in [0.05, 0.1) is 12.6 Å². The average Bonchev–Trinajstić information content (AvgIpc) is 2.52. The molecule has 0 aliphatic carbocycles. The van der Waals surface area contributed by atoms with Crippen molar-refractivity contribution in [3.05, 3.63) is 70.2 Å². The van der Waals surface area contributed by atoms with Crippen LogP contribution in [0.15, 0.2) is 59.1 Å². The van der Waals surface area contributed by atoms with Crippen LogP contribution in [0.3, 0.4) is 0 Å². The molecular formula is C17H18BrNO2. The predicted octanol–water partition coefficient (Wildman–Crippen LogP) is 3.23. The largest absolute Gasteiger partial charge is 0.394 e. The second kappa shape index (κ2) is 7.96. The summed E-state index contributed by atoms with van der Waals surface area (Å²) in [6.07, 6.45) is 1.06. The first-order valence-corrected chi connectivity index (χ1v) is 7.68. The van der Waals surface area contributed by atoms with Crippen molar-refractivity contribution in [1.82, 2.24) is 5.32 Å². The Morgan fingerprint density at radius 3 is 2.43 bits per heavy atom. The topological polar surface area (TPSA) is 49.3 Å². The van der Waals surface area contributed by atoms with Crippen molar-refractivity contribution in [1.29, 1.82) is 0 Å². The Kier molecular flexibility index (Phi) is 5.96. The van der Waals surface area contributed by atoms with E-state index in [0.29, 0.717) is 12.8 Å². The van der Waals surface area contributed by atoms with Gasteiger partial charge in [0.1, 0.15) is 0 Å². The van der Waals surface area contributed by atoms with Crippen molar-refractivity contribution in [2.24, 2.45) is 0 Å². The molecule has 1 amide bonds. The first-order valence-electron chi connectivity index (χ1n) is 6.89. The number of aliphatic hydroxyl groups excluding tert-OH is 1. The molecule has 2 aromatic carbocycles. The third-order valence-corrected chi connectivity index (χ3v) is 4.07. The SMILES string of the molecule is O=C(CCc1ccccc1Br)NC(CO)c1ccccc1. The molecule has 2 aromatic rings. The van der Waals surface area contributed by atoms with Gasteiger partial charge in [-0.15, -0.1) is 0 Å². The summed E-state index contributed by atoms with van der Waals surface area (Å²) in [5.74, 6) is -0.0614. The van der Waals surface area contributed by atoms with Gasteiger partial charge >= 0.3 is 0 Å². The summed E-state index contributed by atoms with van der Waals surface area (Å²) in [6, 6.07) is 17.0. The first-order chi connectivity index (χ1) is 10.2. The van der Waals surface area contributed by atoms with Crippen LogP contribution >= 0.6 is 15.9 Å². The van der Waals surface area contributed by atoms with Gasteiger partial charge in [-0.3, -0.25) is 4.79 Å². The van der Waals surface area contributed by atoms with Crippen molar-refractivity contribution >= 4 is 21.8 Å². The highest BCUT2D eigenvalue weighted by Crippen LogP contribution is 2.18. The first kappa shape index (κ1) is 15.7. The van der Waals surface area contributed by atoms with Gasteiger partial charge in [0.2, 0.25) is 5.91 Å². The highest BCUT2D eigenvalue weighted by Gasteiger charge is 2.13. The highest BCUT2D eigenvalue weighted by atomic mass is 79.9. The van der Waals surface area contributed by atoms with E-state index in [-0.39, 0.29) is 18.6 Å². The van der Waals surface area contributed by atoms with Gasteiger partial charge in [-0.05, 0) is 23.6 Å². The number of halogens is 1. The molecule has 0 aliphatic rings. The van der Waals surface area contributed by atoms with Gasteiger partial charge in [0.15, 0.2) is 0 Å². The molecule has 0 aliphatic heterocycles. The lowest BCUT2D eigenvalue weighted by Crippen LogP contribution is -2.30. The second-order valence-electron chi connectivity index (χ2n) is 4.80. The summed E-state index contributed by atoms with van der Waals surface area (Å²) >= 11 is 3.48. The molecule has 2 N–H and O–H groups in total. The maximum Gasteiger partial charge on any atom is 0.220 e. The second-order valence-corrected chi connectivity index (χ2v) is 5.66. The Morgan fingerprint density at radius 2 is 1.76 bits per heavy atom. The Bertz CT molecular complexity index is 586. The molecule has 110 valence electrons. The van der Waals surface area contributed by atoms with Gasteiger partial charge in [-0.2, -0.15) is 0 Å². The summed E-state index contributed by atoms with van der Waals surface area (Å²) in [5.41, 5.74) is 2.02. The lowest BCUT2D eigenvalue weighted by Gasteiger charge is -2.16. The number of aryl methyl sites for hydroxylation is 1. The number of hydrogen-bond acceptors (Lipinski definition) is 2.